The zero-order valence-electron chi connectivity index (χ0n) is 12.4. The van der Waals surface area contributed by atoms with E-state index in [4.69, 9.17) is 9.15 Å². The Balaban J connectivity index is 1.91. The minimum atomic E-state index is -0.374. The molecule has 0 fully saturated rings. The van der Waals surface area contributed by atoms with E-state index >= 15 is 0 Å². The normalized spacial score (nSPS) is 11.2. The van der Waals surface area contributed by atoms with Crippen LogP contribution < -0.4 is 10.4 Å². The number of fused-ring (bicyclic) bond motifs is 2. The maximum atomic E-state index is 12.3. The van der Waals surface area contributed by atoms with Gasteiger partial charge in [0.05, 0.1) is 22.4 Å². The molecular formula is C18H13NO3S. The maximum absolute atomic E-state index is 12.3. The molecule has 0 bridgehead atoms. The lowest BCUT2D eigenvalue weighted by molar-refractivity contribution is 0.340. The van der Waals surface area contributed by atoms with Gasteiger partial charge in [0.1, 0.15) is 16.3 Å². The number of ether oxygens (including phenoxy) is 1. The fourth-order valence-electron chi connectivity index (χ4n) is 2.49. The second-order valence-corrected chi connectivity index (χ2v) is 6.10. The van der Waals surface area contributed by atoms with E-state index in [9.17, 15) is 4.79 Å². The number of rotatable bonds is 3. The van der Waals surface area contributed by atoms with Gasteiger partial charge in [-0.2, -0.15) is 0 Å². The van der Waals surface area contributed by atoms with Crippen LogP contribution in [0.15, 0.2) is 57.7 Å². The molecule has 114 valence electrons. The number of thiazole rings is 1. The Morgan fingerprint density at radius 3 is 2.87 bits per heavy atom. The van der Waals surface area contributed by atoms with Gasteiger partial charge in [-0.15, -0.1) is 11.3 Å². The van der Waals surface area contributed by atoms with Gasteiger partial charge in [0.2, 0.25) is 0 Å². The van der Waals surface area contributed by atoms with E-state index in [1.807, 2.05) is 43.3 Å². The lowest BCUT2D eigenvalue weighted by Gasteiger charge is -2.04. The van der Waals surface area contributed by atoms with Crippen LogP contribution in [-0.2, 0) is 0 Å². The van der Waals surface area contributed by atoms with Crippen molar-refractivity contribution in [3.8, 4) is 16.3 Å². The second kappa shape index (κ2) is 5.52. The number of hydrogen-bond acceptors (Lipinski definition) is 5. The van der Waals surface area contributed by atoms with E-state index in [1.54, 1.807) is 12.1 Å². The standard InChI is InChI=1S/C18H13NO3S/c1-2-21-12-7-8-15-11(9-12)10-13(18(20)22-15)17-19-14-5-3-4-6-16(14)23-17/h3-10H,2H2,1H3. The first-order valence-electron chi connectivity index (χ1n) is 7.31. The Morgan fingerprint density at radius 1 is 1.17 bits per heavy atom. The summed E-state index contributed by atoms with van der Waals surface area (Å²) >= 11 is 1.49. The summed E-state index contributed by atoms with van der Waals surface area (Å²) in [5, 5.41) is 1.49. The Labute approximate surface area is 136 Å². The van der Waals surface area contributed by atoms with Gasteiger partial charge >= 0.3 is 5.63 Å². The van der Waals surface area contributed by atoms with E-state index in [0.717, 1.165) is 21.4 Å². The fourth-order valence-corrected chi connectivity index (χ4v) is 3.46. The highest BCUT2D eigenvalue weighted by Gasteiger charge is 2.13. The van der Waals surface area contributed by atoms with Crippen LogP contribution in [0.5, 0.6) is 5.75 Å². The molecule has 0 saturated heterocycles. The van der Waals surface area contributed by atoms with Crippen molar-refractivity contribution < 1.29 is 9.15 Å². The van der Waals surface area contributed by atoms with Gasteiger partial charge in [0, 0.05) is 5.39 Å². The first kappa shape index (κ1) is 14.0. The molecular weight excluding hydrogens is 310 g/mol. The van der Waals surface area contributed by atoms with Crippen LogP contribution in [0.25, 0.3) is 31.8 Å². The average molecular weight is 323 g/mol. The van der Waals surface area contributed by atoms with Crippen molar-refractivity contribution in [2.24, 2.45) is 0 Å². The monoisotopic (exact) mass is 323 g/mol. The Morgan fingerprint density at radius 2 is 2.04 bits per heavy atom. The quantitative estimate of drug-likeness (QED) is 0.522. The molecule has 23 heavy (non-hydrogen) atoms. The van der Waals surface area contributed by atoms with Crippen LogP contribution in [0.1, 0.15) is 6.92 Å². The summed E-state index contributed by atoms with van der Waals surface area (Å²) < 4.78 is 12.0. The third-order valence-electron chi connectivity index (χ3n) is 3.54. The molecule has 5 heteroatoms. The van der Waals surface area contributed by atoms with Crippen molar-refractivity contribution in [2.45, 2.75) is 6.92 Å². The third-order valence-corrected chi connectivity index (χ3v) is 4.61. The van der Waals surface area contributed by atoms with Crippen LogP contribution in [0.4, 0.5) is 0 Å². The summed E-state index contributed by atoms with van der Waals surface area (Å²) in [5.41, 5.74) is 1.53. The molecule has 4 nitrogen and oxygen atoms in total. The number of aromatic nitrogens is 1. The number of para-hydroxylation sites is 1. The topological polar surface area (TPSA) is 52.3 Å². The molecule has 0 spiro atoms. The van der Waals surface area contributed by atoms with Gasteiger partial charge < -0.3 is 9.15 Å². The van der Waals surface area contributed by atoms with Crippen molar-refractivity contribution in [3.05, 3.63) is 59.0 Å². The molecule has 0 N–H and O–H groups in total. The van der Waals surface area contributed by atoms with Gasteiger partial charge in [-0.3, -0.25) is 0 Å². The lowest BCUT2D eigenvalue weighted by atomic mass is 10.2. The number of benzene rings is 2. The van der Waals surface area contributed by atoms with Crippen LogP contribution in [0, 0.1) is 0 Å². The van der Waals surface area contributed by atoms with E-state index in [1.165, 1.54) is 11.3 Å². The highest BCUT2D eigenvalue weighted by Crippen LogP contribution is 2.30. The number of nitrogens with zero attached hydrogens (tertiary/aromatic N) is 1. The van der Waals surface area contributed by atoms with Gasteiger partial charge in [-0.1, -0.05) is 12.1 Å². The molecule has 0 unspecified atom stereocenters. The largest absolute Gasteiger partial charge is 0.494 e. The van der Waals surface area contributed by atoms with Gasteiger partial charge in [-0.05, 0) is 43.3 Å². The Kier molecular flexibility index (Phi) is 3.35. The van der Waals surface area contributed by atoms with Gasteiger partial charge in [0.25, 0.3) is 0 Å². The summed E-state index contributed by atoms with van der Waals surface area (Å²) in [7, 11) is 0. The van der Waals surface area contributed by atoms with Crippen LogP contribution in [-0.4, -0.2) is 11.6 Å². The predicted octanol–water partition coefficient (Wildman–Crippen LogP) is 4.47. The summed E-state index contributed by atoms with van der Waals surface area (Å²) in [6, 6.07) is 15.1. The average Bonchev–Trinajstić information content (AvgIpc) is 2.98. The molecule has 2 aromatic heterocycles. The van der Waals surface area contributed by atoms with E-state index in [-0.39, 0.29) is 5.63 Å². The molecule has 0 amide bonds. The molecule has 0 radical (unpaired) electrons. The molecule has 4 aromatic rings. The minimum Gasteiger partial charge on any atom is -0.494 e. The Hall–Kier alpha value is -2.66. The molecule has 4 rings (SSSR count). The predicted molar refractivity (Wildman–Crippen MR) is 92.3 cm³/mol. The zero-order valence-corrected chi connectivity index (χ0v) is 13.2. The summed E-state index contributed by atoms with van der Waals surface area (Å²) in [6.45, 7) is 2.52. The van der Waals surface area contributed by atoms with Crippen molar-refractivity contribution in [1.82, 2.24) is 4.98 Å². The molecule has 0 saturated carbocycles. The molecule has 0 aliphatic carbocycles. The van der Waals surface area contributed by atoms with E-state index < -0.39 is 0 Å². The third kappa shape index (κ3) is 2.49. The molecule has 2 aromatic carbocycles. The molecule has 2 heterocycles. The highest BCUT2D eigenvalue weighted by atomic mass is 32.1. The van der Waals surface area contributed by atoms with Crippen LogP contribution in [0.3, 0.4) is 0 Å². The summed E-state index contributed by atoms with van der Waals surface area (Å²) in [5.74, 6) is 0.754. The fraction of sp³-hybridized carbons (Fsp3) is 0.111. The molecule has 0 aliphatic rings. The van der Waals surface area contributed by atoms with Crippen LogP contribution in [0.2, 0.25) is 0 Å². The Bertz CT molecular complexity index is 1030. The number of hydrogen-bond donors (Lipinski definition) is 0. The highest BCUT2D eigenvalue weighted by molar-refractivity contribution is 7.21. The zero-order chi connectivity index (χ0) is 15.8. The first-order chi connectivity index (χ1) is 11.2. The van der Waals surface area contributed by atoms with Gasteiger partial charge in [-0.25, -0.2) is 9.78 Å². The van der Waals surface area contributed by atoms with E-state index in [2.05, 4.69) is 4.98 Å². The smallest absolute Gasteiger partial charge is 0.346 e. The van der Waals surface area contributed by atoms with Crippen molar-refractivity contribution >= 4 is 32.5 Å². The summed E-state index contributed by atoms with van der Waals surface area (Å²) in [4.78, 5) is 16.8. The second-order valence-electron chi connectivity index (χ2n) is 5.07. The van der Waals surface area contributed by atoms with Crippen molar-refractivity contribution in [3.63, 3.8) is 0 Å². The summed E-state index contributed by atoms with van der Waals surface area (Å²) in [6.07, 6.45) is 0. The minimum absolute atomic E-state index is 0.374. The maximum Gasteiger partial charge on any atom is 0.346 e. The van der Waals surface area contributed by atoms with Crippen LogP contribution >= 0.6 is 11.3 Å². The SMILES string of the molecule is CCOc1ccc2oc(=O)c(-c3nc4ccccc4s3)cc2c1. The molecule has 0 atom stereocenters. The van der Waals surface area contributed by atoms with Crippen molar-refractivity contribution in [2.75, 3.05) is 6.61 Å². The lowest BCUT2D eigenvalue weighted by Crippen LogP contribution is -2.02. The van der Waals surface area contributed by atoms with Gasteiger partial charge in [0.15, 0.2) is 0 Å². The van der Waals surface area contributed by atoms with E-state index in [0.29, 0.717) is 22.8 Å². The van der Waals surface area contributed by atoms with Crippen molar-refractivity contribution in [1.29, 1.82) is 0 Å². The molecule has 0 aliphatic heterocycles. The first-order valence-corrected chi connectivity index (χ1v) is 8.13.